The molecule has 18 heavy (non-hydrogen) atoms. The molecular weight excluding hydrogens is 279 g/mol. The molecule has 104 valence electrons. The zero-order valence-electron chi connectivity index (χ0n) is 9.92. The van der Waals surface area contributed by atoms with Gasteiger partial charge in [-0.25, -0.2) is 0 Å². The molecule has 0 radical (unpaired) electrons. The maximum Gasteiger partial charge on any atom is 0.309 e. The molecule has 4 aliphatic rings. The molecule has 0 atom stereocenters. The van der Waals surface area contributed by atoms with Gasteiger partial charge in [-0.05, 0) is 50.4 Å². The first-order chi connectivity index (χ1) is 7.46. The molecule has 2 N–H and O–H groups in total. The number of halogens is 2. The monoisotopic (exact) mass is 296 g/mol. The molecule has 0 heterocycles. The van der Waals surface area contributed by atoms with Gasteiger partial charge in [0, 0.05) is 0 Å². The Hall–Kier alpha value is -0.480. The second kappa shape index (κ2) is 4.57. The van der Waals surface area contributed by atoms with E-state index >= 15 is 0 Å². The standard InChI is InChI=1S/C12H16O4.2ClH/c13-9(14)11-2-7-1-8(4-11)5-12(3-7,6-11)10(15)16;;/h7-8H,1-6H2,(H,13,14)(H,15,16);2*1H. The van der Waals surface area contributed by atoms with Gasteiger partial charge in [0.05, 0.1) is 10.8 Å². The van der Waals surface area contributed by atoms with Crippen LogP contribution in [0.4, 0.5) is 0 Å². The van der Waals surface area contributed by atoms with Crippen molar-refractivity contribution in [1.29, 1.82) is 0 Å². The predicted octanol–water partition coefficient (Wildman–Crippen LogP) is 2.59. The molecule has 4 nitrogen and oxygen atoms in total. The third kappa shape index (κ3) is 1.90. The summed E-state index contributed by atoms with van der Waals surface area (Å²) >= 11 is 0. The molecular formula is C12H18Cl2O4. The van der Waals surface area contributed by atoms with E-state index in [1.54, 1.807) is 0 Å². The molecule has 0 aromatic carbocycles. The number of aliphatic carboxylic acids is 2. The van der Waals surface area contributed by atoms with Crippen LogP contribution in [0.2, 0.25) is 0 Å². The van der Waals surface area contributed by atoms with E-state index in [1.807, 2.05) is 0 Å². The Balaban J connectivity index is 0.000000810. The first kappa shape index (κ1) is 15.6. The van der Waals surface area contributed by atoms with Crippen LogP contribution in [0.15, 0.2) is 0 Å². The van der Waals surface area contributed by atoms with E-state index in [0.717, 1.165) is 6.42 Å². The third-order valence-electron chi connectivity index (χ3n) is 4.97. The first-order valence-corrected chi connectivity index (χ1v) is 5.93. The highest BCUT2D eigenvalue weighted by Gasteiger charge is 2.63. The van der Waals surface area contributed by atoms with Crippen molar-refractivity contribution in [3.8, 4) is 0 Å². The zero-order valence-corrected chi connectivity index (χ0v) is 11.6. The van der Waals surface area contributed by atoms with Gasteiger partial charge in [-0.15, -0.1) is 24.8 Å². The summed E-state index contributed by atoms with van der Waals surface area (Å²) in [6, 6.07) is 0. The lowest BCUT2D eigenvalue weighted by Crippen LogP contribution is -2.57. The van der Waals surface area contributed by atoms with Crippen LogP contribution in [0, 0.1) is 22.7 Å². The second-order valence-electron chi connectivity index (χ2n) is 6.13. The SMILES string of the molecule is Cl.Cl.O=C(O)C12CC3CC(C1)CC(C(=O)O)(C3)C2. The molecule has 4 rings (SSSR count). The van der Waals surface area contributed by atoms with Crippen LogP contribution in [0.3, 0.4) is 0 Å². The lowest BCUT2D eigenvalue weighted by Gasteiger charge is -2.58. The summed E-state index contributed by atoms with van der Waals surface area (Å²) in [6.07, 6.45) is 4.21. The van der Waals surface area contributed by atoms with Gasteiger partial charge < -0.3 is 10.2 Å². The number of carbonyl (C=O) groups is 2. The maximum absolute atomic E-state index is 11.4. The summed E-state index contributed by atoms with van der Waals surface area (Å²) in [6.45, 7) is 0. The summed E-state index contributed by atoms with van der Waals surface area (Å²) in [4.78, 5) is 22.8. The van der Waals surface area contributed by atoms with Crippen molar-refractivity contribution in [1.82, 2.24) is 0 Å². The van der Waals surface area contributed by atoms with Gasteiger partial charge in [0.25, 0.3) is 0 Å². The van der Waals surface area contributed by atoms with Crippen molar-refractivity contribution in [2.45, 2.75) is 38.5 Å². The molecule has 4 fully saturated rings. The van der Waals surface area contributed by atoms with Gasteiger partial charge in [-0.3, -0.25) is 9.59 Å². The smallest absolute Gasteiger partial charge is 0.309 e. The van der Waals surface area contributed by atoms with Crippen LogP contribution in [-0.4, -0.2) is 22.2 Å². The fourth-order valence-electron chi connectivity index (χ4n) is 4.76. The van der Waals surface area contributed by atoms with Crippen molar-refractivity contribution in [3.63, 3.8) is 0 Å². The molecule has 6 heteroatoms. The topological polar surface area (TPSA) is 74.6 Å². The van der Waals surface area contributed by atoms with Gasteiger partial charge in [0.2, 0.25) is 0 Å². The van der Waals surface area contributed by atoms with E-state index in [2.05, 4.69) is 0 Å². The van der Waals surface area contributed by atoms with Crippen molar-refractivity contribution in [2.75, 3.05) is 0 Å². The Kier molecular flexibility index (Phi) is 3.95. The number of carboxylic acid groups (broad SMARTS) is 2. The van der Waals surface area contributed by atoms with Gasteiger partial charge in [0.15, 0.2) is 0 Å². The van der Waals surface area contributed by atoms with Crippen molar-refractivity contribution < 1.29 is 19.8 Å². The van der Waals surface area contributed by atoms with Crippen LogP contribution in [0.1, 0.15) is 38.5 Å². The van der Waals surface area contributed by atoms with Crippen LogP contribution < -0.4 is 0 Å². The summed E-state index contributed by atoms with van der Waals surface area (Å²) in [7, 11) is 0. The Bertz CT molecular complexity index is 336. The largest absolute Gasteiger partial charge is 0.481 e. The number of hydrogen-bond donors (Lipinski definition) is 2. The van der Waals surface area contributed by atoms with Crippen molar-refractivity contribution in [2.24, 2.45) is 22.7 Å². The minimum Gasteiger partial charge on any atom is -0.481 e. The average Bonchev–Trinajstić information content (AvgIpc) is 2.14. The summed E-state index contributed by atoms with van der Waals surface area (Å²) in [5.74, 6) is -0.888. The molecule has 0 saturated heterocycles. The fourth-order valence-corrected chi connectivity index (χ4v) is 4.76. The highest BCUT2D eigenvalue weighted by molar-refractivity contribution is 5.85. The summed E-state index contributed by atoms with van der Waals surface area (Å²) in [5, 5.41) is 18.8. The fraction of sp³-hybridized carbons (Fsp3) is 0.833. The van der Waals surface area contributed by atoms with Gasteiger partial charge in [0.1, 0.15) is 0 Å². The quantitative estimate of drug-likeness (QED) is 0.821. The lowest BCUT2D eigenvalue weighted by molar-refractivity contribution is -0.187. The molecule has 0 spiro atoms. The number of hydrogen-bond acceptors (Lipinski definition) is 2. The van der Waals surface area contributed by atoms with Crippen LogP contribution in [0.25, 0.3) is 0 Å². The van der Waals surface area contributed by atoms with E-state index in [1.165, 1.54) is 0 Å². The molecule has 4 saturated carbocycles. The third-order valence-corrected chi connectivity index (χ3v) is 4.97. The summed E-state index contributed by atoms with van der Waals surface area (Å²) < 4.78 is 0. The van der Waals surface area contributed by atoms with E-state index in [-0.39, 0.29) is 24.8 Å². The molecule has 0 amide bonds. The summed E-state index contributed by atoms with van der Waals surface area (Å²) in [5.41, 5.74) is -1.44. The van der Waals surface area contributed by atoms with Gasteiger partial charge in [-0.1, -0.05) is 0 Å². The van der Waals surface area contributed by atoms with Crippen LogP contribution in [-0.2, 0) is 9.59 Å². The van der Waals surface area contributed by atoms with Crippen LogP contribution in [0.5, 0.6) is 0 Å². The van der Waals surface area contributed by atoms with Crippen molar-refractivity contribution >= 4 is 36.8 Å². The molecule has 0 aliphatic heterocycles. The first-order valence-electron chi connectivity index (χ1n) is 5.93. The van der Waals surface area contributed by atoms with E-state index in [9.17, 15) is 19.8 Å². The maximum atomic E-state index is 11.4. The minimum absolute atomic E-state index is 0. The highest BCUT2D eigenvalue weighted by atomic mass is 35.5. The lowest BCUT2D eigenvalue weighted by atomic mass is 9.44. The van der Waals surface area contributed by atoms with E-state index < -0.39 is 22.8 Å². The number of rotatable bonds is 2. The molecule has 4 aliphatic carbocycles. The second-order valence-corrected chi connectivity index (χ2v) is 6.13. The highest BCUT2D eigenvalue weighted by Crippen LogP contribution is 2.65. The predicted molar refractivity (Wildman–Crippen MR) is 69.3 cm³/mol. The van der Waals surface area contributed by atoms with Crippen LogP contribution >= 0.6 is 24.8 Å². The molecule has 0 aromatic rings. The van der Waals surface area contributed by atoms with Crippen molar-refractivity contribution in [3.05, 3.63) is 0 Å². The van der Waals surface area contributed by atoms with E-state index in [0.29, 0.717) is 43.9 Å². The Labute approximate surface area is 118 Å². The van der Waals surface area contributed by atoms with Gasteiger partial charge in [-0.2, -0.15) is 0 Å². The normalized spacial score (nSPS) is 43.8. The molecule has 0 aromatic heterocycles. The Morgan fingerprint density at radius 3 is 1.44 bits per heavy atom. The Morgan fingerprint density at radius 2 is 1.17 bits per heavy atom. The molecule has 4 bridgehead atoms. The zero-order chi connectivity index (χ0) is 11.6. The minimum atomic E-state index is -0.771. The van der Waals surface area contributed by atoms with E-state index in [4.69, 9.17) is 0 Å². The average molecular weight is 297 g/mol. The number of carboxylic acids is 2. The van der Waals surface area contributed by atoms with Gasteiger partial charge >= 0.3 is 11.9 Å². The Morgan fingerprint density at radius 1 is 0.833 bits per heavy atom. The molecule has 0 unspecified atom stereocenters.